The SMILES string of the molecule is CCCCCCCCOC(=O)C1(O)C[C@H](O)C(O)[C@@H](O)C1. The summed E-state index contributed by atoms with van der Waals surface area (Å²) in [6.07, 6.45) is 1.72. The molecule has 0 aliphatic heterocycles. The van der Waals surface area contributed by atoms with E-state index in [1.165, 1.54) is 19.3 Å². The van der Waals surface area contributed by atoms with E-state index in [-0.39, 0.29) is 19.4 Å². The minimum absolute atomic E-state index is 0.224. The minimum atomic E-state index is -1.92. The summed E-state index contributed by atoms with van der Waals surface area (Å²) in [5.41, 5.74) is -1.92. The number of ether oxygens (including phenoxy) is 1. The maximum absolute atomic E-state index is 11.9. The highest BCUT2D eigenvalue weighted by Gasteiger charge is 2.49. The van der Waals surface area contributed by atoms with Gasteiger partial charge in [-0.15, -0.1) is 0 Å². The zero-order chi connectivity index (χ0) is 15.9. The molecule has 0 radical (unpaired) electrons. The molecule has 124 valence electrons. The third-order valence-electron chi connectivity index (χ3n) is 3.99. The van der Waals surface area contributed by atoms with Crippen molar-refractivity contribution in [2.24, 2.45) is 0 Å². The lowest BCUT2D eigenvalue weighted by atomic mass is 9.80. The second-order valence-electron chi connectivity index (χ2n) is 5.97. The normalized spacial score (nSPS) is 32.9. The lowest BCUT2D eigenvalue weighted by molar-refractivity contribution is -0.192. The van der Waals surface area contributed by atoms with E-state index in [4.69, 9.17) is 4.74 Å². The molecule has 0 bridgehead atoms. The van der Waals surface area contributed by atoms with E-state index in [1.807, 2.05) is 0 Å². The summed E-state index contributed by atoms with van der Waals surface area (Å²) in [4.78, 5) is 11.9. The summed E-state index contributed by atoms with van der Waals surface area (Å²) in [7, 11) is 0. The number of rotatable bonds is 8. The topological polar surface area (TPSA) is 107 Å². The average molecular weight is 304 g/mol. The van der Waals surface area contributed by atoms with Gasteiger partial charge in [0.2, 0.25) is 0 Å². The summed E-state index contributed by atoms with van der Waals surface area (Å²) in [5.74, 6) is -0.832. The lowest BCUT2D eigenvalue weighted by Gasteiger charge is -2.38. The third-order valence-corrected chi connectivity index (χ3v) is 3.99. The van der Waals surface area contributed by atoms with Crippen molar-refractivity contribution >= 4 is 5.97 Å². The Morgan fingerprint density at radius 1 is 1.05 bits per heavy atom. The monoisotopic (exact) mass is 304 g/mol. The van der Waals surface area contributed by atoms with Crippen molar-refractivity contribution in [2.45, 2.75) is 82.2 Å². The van der Waals surface area contributed by atoms with Gasteiger partial charge in [0.1, 0.15) is 6.10 Å². The second-order valence-corrected chi connectivity index (χ2v) is 5.97. The van der Waals surface area contributed by atoms with Crippen molar-refractivity contribution in [1.82, 2.24) is 0 Å². The van der Waals surface area contributed by atoms with E-state index in [0.717, 1.165) is 19.3 Å². The van der Waals surface area contributed by atoms with Gasteiger partial charge in [0.05, 0.1) is 18.8 Å². The van der Waals surface area contributed by atoms with Gasteiger partial charge in [0, 0.05) is 12.8 Å². The van der Waals surface area contributed by atoms with Crippen molar-refractivity contribution in [1.29, 1.82) is 0 Å². The van der Waals surface area contributed by atoms with Crippen LogP contribution in [0.2, 0.25) is 0 Å². The second kappa shape index (κ2) is 8.68. The molecule has 0 aromatic heterocycles. The Labute approximate surface area is 125 Å². The van der Waals surface area contributed by atoms with Crippen molar-refractivity contribution in [3.8, 4) is 0 Å². The van der Waals surface area contributed by atoms with Gasteiger partial charge in [-0.1, -0.05) is 39.0 Å². The van der Waals surface area contributed by atoms with Crippen LogP contribution in [0.15, 0.2) is 0 Å². The maximum atomic E-state index is 11.9. The molecule has 0 spiro atoms. The van der Waals surface area contributed by atoms with Crippen molar-refractivity contribution in [3.63, 3.8) is 0 Å². The van der Waals surface area contributed by atoms with Crippen LogP contribution < -0.4 is 0 Å². The Kier molecular flexibility index (Phi) is 7.59. The molecule has 2 atom stereocenters. The highest BCUT2D eigenvalue weighted by molar-refractivity contribution is 5.79. The van der Waals surface area contributed by atoms with Crippen LogP contribution in [0, 0.1) is 0 Å². The van der Waals surface area contributed by atoms with Crippen LogP contribution >= 0.6 is 0 Å². The van der Waals surface area contributed by atoms with Crippen LogP contribution in [0.5, 0.6) is 0 Å². The van der Waals surface area contributed by atoms with Crippen LogP contribution in [-0.4, -0.2) is 56.9 Å². The molecule has 1 fully saturated rings. The highest BCUT2D eigenvalue weighted by Crippen LogP contribution is 2.30. The average Bonchev–Trinajstić information content (AvgIpc) is 2.43. The summed E-state index contributed by atoms with van der Waals surface area (Å²) < 4.78 is 5.03. The van der Waals surface area contributed by atoms with E-state index in [2.05, 4.69) is 6.92 Å². The van der Waals surface area contributed by atoms with Gasteiger partial charge in [-0.05, 0) is 6.42 Å². The summed E-state index contributed by atoms with van der Waals surface area (Å²) >= 11 is 0. The molecule has 0 aromatic rings. The van der Waals surface area contributed by atoms with Crippen LogP contribution in [-0.2, 0) is 9.53 Å². The molecule has 0 unspecified atom stereocenters. The first-order chi connectivity index (χ1) is 9.90. The Bertz CT molecular complexity index is 307. The predicted octanol–water partition coefficient (Wildman–Crippen LogP) is 0.498. The number of aliphatic hydroxyl groups is 4. The molecule has 4 N–H and O–H groups in total. The van der Waals surface area contributed by atoms with Crippen molar-refractivity contribution in [3.05, 3.63) is 0 Å². The van der Waals surface area contributed by atoms with Crippen LogP contribution in [0.1, 0.15) is 58.3 Å². The van der Waals surface area contributed by atoms with Gasteiger partial charge in [0.25, 0.3) is 0 Å². The van der Waals surface area contributed by atoms with E-state index < -0.39 is 29.9 Å². The van der Waals surface area contributed by atoms with Crippen LogP contribution in [0.25, 0.3) is 0 Å². The molecule has 1 rings (SSSR count). The number of unbranched alkanes of at least 4 members (excludes halogenated alkanes) is 5. The molecule has 1 saturated carbocycles. The molecule has 0 amide bonds. The first-order valence-electron chi connectivity index (χ1n) is 7.84. The van der Waals surface area contributed by atoms with Crippen LogP contribution in [0.3, 0.4) is 0 Å². The fourth-order valence-electron chi connectivity index (χ4n) is 2.62. The molecule has 6 heteroatoms. The molecule has 1 aliphatic rings. The van der Waals surface area contributed by atoms with Crippen molar-refractivity contribution < 1.29 is 30.0 Å². The number of esters is 1. The molecular weight excluding hydrogens is 276 g/mol. The molecule has 1 aliphatic carbocycles. The van der Waals surface area contributed by atoms with Crippen molar-refractivity contribution in [2.75, 3.05) is 6.61 Å². The largest absolute Gasteiger partial charge is 0.464 e. The molecule has 0 heterocycles. The first-order valence-corrected chi connectivity index (χ1v) is 7.84. The smallest absolute Gasteiger partial charge is 0.338 e. The summed E-state index contributed by atoms with van der Waals surface area (Å²) in [6, 6.07) is 0. The fraction of sp³-hybridized carbons (Fsp3) is 0.933. The van der Waals surface area contributed by atoms with Crippen LogP contribution in [0.4, 0.5) is 0 Å². The lowest BCUT2D eigenvalue weighted by Crippen LogP contribution is -2.56. The number of hydrogen-bond acceptors (Lipinski definition) is 6. The van der Waals surface area contributed by atoms with Gasteiger partial charge in [-0.3, -0.25) is 0 Å². The first kappa shape index (κ1) is 18.4. The Morgan fingerprint density at radius 2 is 1.57 bits per heavy atom. The molecule has 21 heavy (non-hydrogen) atoms. The Hall–Kier alpha value is -0.690. The standard InChI is InChI=1S/C15H28O6/c1-2-3-4-5-6-7-8-21-14(19)15(20)9-11(16)13(18)12(17)10-15/h11-13,16-18,20H,2-10H2,1H3/t11-,12-,13?,15?/m0/s1. The Morgan fingerprint density at radius 3 is 2.14 bits per heavy atom. The zero-order valence-electron chi connectivity index (χ0n) is 12.7. The van der Waals surface area contributed by atoms with E-state index >= 15 is 0 Å². The van der Waals surface area contributed by atoms with E-state index in [1.54, 1.807) is 0 Å². The summed E-state index contributed by atoms with van der Waals surface area (Å²) in [5, 5.41) is 38.7. The van der Waals surface area contributed by atoms with Gasteiger partial charge < -0.3 is 25.2 Å². The van der Waals surface area contributed by atoms with E-state index in [0.29, 0.717) is 0 Å². The third kappa shape index (κ3) is 5.54. The number of carbonyl (C=O) groups excluding carboxylic acids is 1. The molecule has 6 nitrogen and oxygen atoms in total. The maximum Gasteiger partial charge on any atom is 0.338 e. The zero-order valence-corrected chi connectivity index (χ0v) is 12.7. The molecule has 0 saturated heterocycles. The molecular formula is C15H28O6. The highest BCUT2D eigenvalue weighted by atomic mass is 16.5. The fourth-order valence-corrected chi connectivity index (χ4v) is 2.62. The predicted molar refractivity (Wildman–Crippen MR) is 76.5 cm³/mol. The molecule has 0 aromatic carbocycles. The number of carbonyl (C=O) groups is 1. The van der Waals surface area contributed by atoms with Gasteiger partial charge in [0.15, 0.2) is 5.60 Å². The van der Waals surface area contributed by atoms with Gasteiger partial charge >= 0.3 is 5.97 Å². The quantitative estimate of drug-likeness (QED) is 0.384. The summed E-state index contributed by atoms with van der Waals surface area (Å²) in [6.45, 7) is 2.37. The Balaban J connectivity index is 2.28. The van der Waals surface area contributed by atoms with E-state index in [9.17, 15) is 25.2 Å². The minimum Gasteiger partial charge on any atom is -0.464 e. The van der Waals surface area contributed by atoms with Gasteiger partial charge in [-0.25, -0.2) is 4.79 Å². The van der Waals surface area contributed by atoms with Gasteiger partial charge in [-0.2, -0.15) is 0 Å². The number of hydrogen-bond donors (Lipinski definition) is 4. The number of aliphatic hydroxyl groups excluding tert-OH is 3.